The molecule has 1 amide bonds. The molecule has 0 aromatic heterocycles. The quantitative estimate of drug-likeness (QED) is 0.485. The van der Waals surface area contributed by atoms with Crippen LogP contribution in [0.4, 0.5) is 0 Å². The van der Waals surface area contributed by atoms with Gasteiger partial charge in [0.1, 0.15) is 0 Å². The van der Waals surface area contributed by atoms with E-state index in [4.69, 9.17) is 4.55 Å². The van der Waals surface area contributed by atoms with Crippen LogP contribution in [0.3, 0.4) is 0 Å². The Morgan fingerprint density at radius 2 is 1.78 bits per heavy atom. The maximum atomic E-state index is 12.0. The van der Waals surface area contributed by atoms with Gasteiger partial charge < -0.3 is 10.4 Å². The second kappa shape index (κ2) is 9.18. The van der Waals surface area contributed by atoms with Gasteiger partial charge in [0.25, 0.3) is 10.1 Å². The van der Waals surface area contributed by atoms with E-state index in [0.29, 0.717) is 41.4 Å². The minimum absolute atomic E-state index is 0.0401. The van der Waals surface area contributed by atoms with E-state index < -0.39 is 15.9 Å². The largest absolute Gasteiger partial charge is 0.393 e. The molecule has 7 heteroatoms. The lowest BCUT2D eigenvalue weighted by Crippen LogP contribution is -2.57. The first-order valence-electron chi connectivity index (χ1n) is 12.9. The Kier molecular flexibility index (Phi) is 7.02. The molecule has 8 atom stereocenters. The minimum Gasteiger partial charge on any atom is -0.393 e. The molecule has 3 unspecified atom stereocenters. The summed E-state index contributed by atoms with van der Waals surface area (Å²) in [6, 6.07) is 0. The lowest BCUT2D eigenvalue weighted by Gasteiger charge is -2.62. The molecule has 0 bridgehead atoms. The van der Waals surface area contributed by atoms with Crippen LogP contribution < -0.4 is 5.32 Å². The Labute approximate surface area is 194 Å². The van der Waals surface area contributed by atoms with Gasteiger partial charge in [0.2, 0.25) is 5.91 Å². The molecule has 4 fully saturated rings. The standard InChI is InChI=1S/C25H43NO5S/c1-24-12-4-3-6-18(24)16-21(27)23-19-10-9-17(25(19,2)13-11-20(23)24)7-5-8-22(28)26-14-15-32(29,30)31/h17-21,23,27H,3-16H2,1-2H3,(H,26,28)(H,29,30,31)/t17?,18-,19?,20?,21-,23-,24-,25+/m0/s1. The topological polar surface area (TPSA) is 104 Å². The first-order valence-corrected chi connectivity index (χ1v) is 14.6. The van der Waals surface area contributed by atoms with E-state index in [0.717, 1.165) is 19.3 Å². The van der Waals surface area contributed by atoms with Crippen molar-refractivity contribution in [1.82, 2.24) is 5.32 Å². The molecule has 4 rings (SSSR count). The highest BCUT2D eigenvalue weighted by molar-refractivity contribution is 7.85. The van der Waals surface area contributed by atoms with E-state index in [-0.39, 0.29) is 24.0 Å². The number of hydrogen-bond donors (Lipinski definition) is 3. The molecule has 4 saturated carbocycles. The molecule has 0 radical (unpaired) electrons. The number of amides is 1. The number of carbonyl (C=O) groups is 1. The van der Waals surface area contributed by atoms with Gasteiger partial charge in [0.05, 0.1) is 11.9 Å². The second-order valence-electron chi connectivity index (χ2n) is 11.9. The Morgan fingerprint density at radius 1 is 1.03 bits per heavy atom. The van der Waals surface area contributed by atoms with Crippen LogP contribution in [0.15, 0.2) is 0 Å². The van der Waals surface area contributed by atoms with Crippen molar-refractivity contribution in [2.75, 3.05) is 12.3 Å². The van der Waals surface area contributed by atoms with Gasteiger partial charge in [0.15, 0.2) is 0 Å². The number of carbonyl (C=O) groups excluding carboxylic acids is 1. The highest BCUT2D eigenvalue weighted by Crippen LogP contribution is 2.67. The molecule has 0 aromatic rings. The summed E-state index contributed by atoms with van der Waals surface area (Å²) in [4.78, 5) is 12.0. The first kappa shape index (κ1) is 24.5. The van der Waals surface area contributed by atoms with Crippen LogP contribution in [0.2, 0.25) is 0 Å². The predicted octanol–water partition coefficient (Wildman–Crippen LogP) is 4.18. The van der Waals surface area contributed by atoms with Crippen LogP contribution in [-0.4, -0.2) is 42.4 Å². The number of fused-ring (bicyclic) bond motifs is 5. The van der Waals surface area contributed by atoms with E-state index >= 15 is 0 Å². The highest BCUT2D eigenvalue weighted by atomic mass is 32.2. The predicted molar refractivity (Wildman–Crippen MR) is 125 cm³/mol. The fraction of sp³-hybridized carbons (Fsp3) is 0.960. The van der Waals surface area contributed by atoms with Crippen molar-refractivity contribution in [1.29, 1.82) is 0 Å². The molecule has 0 aliphatic heterocycles. The Bertz CT molecular complexity index is 800. The summed E-state index contributed by atoms with van der Waals surface area (Å²) in [5.74, 6) is 2.44. The summed E-state index contributed by atoms with van der Waals surface area (Å²) in [5.41, 5.74) is 0.684. The maximum absolute atomic E-state index is 12.0. The summed E-state index contributed by atoms with van der Waals surface area (Å²) >= 11 is 0. The molecule has 6 nitrogen and oxygen atoms in total. The molecular weight excluding hydrogens is 426 g/mol. The molecule has 32 heavy (non-hydrogen) atoms. The van der Waals surface area contributed by atoms with Gasteiger partial charge in [0, 0.05) is 13.0 Å². The van der Waals surface area contributed by atoms with Gasteiger partial charge in [-0.3, -0.25) is 9.35 Å². The van der Waals surface area contributed by atoms with Crippen molar-refractivity contribution in [2.45, 2.75) is 97.0 Å². The monoisotopic (exact) mass is 469 g/mol. The van der Waals surface area contributed by atoms with E-state index in [1.165, 1.54) is 51.4 Å². The van der Waals surface area contributed by atoms with E-state index in [9.17, 15) is 18.3 Å². The summed E-state index contributed by atoms with van der Waals surface area (Å²) in [5, 5.41) is 13.9. The van der Waals surface area contributed by atoms with Crippen molar-refractivity contribution in [3.63, 3.8) is 0 Å². The van der Waals surface area contributed by atoms with Crippen molar-refractivity contribution < 1.29 is 22.9 Å². The zero-order valence-corrected chi connectivity index (χ0v) is 20.7. The molecule has 3 N–H and O–H groups in total. The van der Waals surface area contributed by atoms with Crippen LogP contribution >= 0.6 is 0 Å². The number of nitrogens with one attached hydrogen (secondary N) is 1. The average Bonchev–Trinajstić information content (AvgIpc) is 3.04. The number of hydrogen-bond acceptors (Lipinski definition) is 4. The third-order valence-corrected chi connectivity index (χ3v) is 11.2. The maximum Gasteiger partial charge on any atom is 0.266 e. The number of rotatable bonds is 7. The molecule has 4 aliphatic rings. The van der Waals surface area contributed by atoms with Crippen molar-refractivity contribution >= 4 is 16.0 Å². The van der Waals surface area contributed by atoms with Gasteiger partial charge in [-0.05, 0) is 98.2 Å². The fourth-order valence-electron chi connectivity index (χ4n) is 8.75. The third-order valence-electron chi connectivity index (χ3n) is 10.4. The molecular formula is C25H43NO5S. The Morgan fingerprint density at radius 3 is 2.53 bits per heavy atom. The summed E-state index contributed by atoms with van der Waals surface area (Å²) in [7, 11) is -4.04. The molecule has 0 heterocycles. The summed E-state index contributed by atoms with van der Waals surface area (Å²) in [6.45, 7) is 4.96. The van der Waals surface area contributed by atoms with Crippen LogP contribution in [0, 0.1) is 40.4 Å². The van der Waals surface area contributed by atoms with Gasteiger partial charge >= 0.3 is 0 Å². The summed E-state index contributed by atoms with van der Waals surface area (Å²) < 4.78 is 30.3. The first-order chi connectivity index (χ1) is 15.0. The van der Waals surface area contributed by atoms with E-state index in [1.807, 2.05) is 0 Å². The Balaban J connectivity index is 1.34. The van der Waals surface area contributed by atoms with Gasteiger partial charge in [-0.25, -0.2) is 0 Å². The zero-order chi connectivity index (χ0) is 23.1. The van der Waals surface area contributed by atoms with E-state index in [1.54, 1.807) is 0 Å². The average molecular weight is 470 g/mol. The normalized spacial score (nSPS) is 43.8. The fourth-order valence-corrected chi connectivity index (χ4v) is 9.11. The molecule has 0 aromatic carbocycles. The van der Waals surface area contributed by atoms with E-state index in [2.05, 4.69) is 19.2 Å². The molecule has 0 saturated heterocycles. The lowest BCUT2D eigenvalue weighted by atomic mass is 9.44. The number of aliphatic hydroxyl groups excluding tert-OH is 1. The Hall–Kier alpha value is -0.660. The van der Waals surface area contributed by atoms with Crippen molar-refractivity contribution in [2.24, 2.45) is 40.4 Å². The highest BCUT2D eigenvalue weighted by Gasteiger charge is 2.61. The third kappa shape index (κ3) is 4.63. The smallest absolute Gasteiger partial charge is 0.266 e. The van der Waals surface area contributed by atoms with Crippen molar-refractivity contribution in [3.8, 4) is 0 Å². The minimum atomic E-state index is -4.04. The van der Waals surface area contributed by atoms with Crippen LogP contribution in [0.25, 0.3) is 0 Å². The second-order valence-corrected chi connectivity index (χ2v) is 13.5. The molecule has 0 spiro atoms. The number of aliphatic hydroxyl groups is 1. The summed E-state index contributed by atoms with van der Waals surface area (Å²) in [6.07, 6.45) is 13.3. The molecule has 4 aliphatic carbocycles. The van der Waals surface area contributed by atoms with Gasteiger partial charge in [-0.2, -0.15) is 8.42 Å². The molecule has 184 valence electrons. The van der Waals surface area contributed by atoms with Crippen molar-refractivity contribution in [3.05, 3.63) is 0 Å². The lowest BCUT2D eigenvalue weighted by molar-refractivity contribution is -0.162. The van der Waals surface area contributed by atoms with Gasteiger partial charge in [-0.1, -0.05) is 26.7 Å². The van der Waals surface area contributed by atoms with Crippen LogP contribution in [0.5, 0.6) is 0 Å². The SMILES string of the molecule is C[C@]12CCC3[C@H](C1CCC2CCCC(=O)NCCS(=O)(=O)O)[C@@H](O)C[C@@H]1CCCC[C@]31C. The van der Waals surface area contributed by atoms with Crippen LogP contribution in [0.1, 0.15) is 90.9 Å². The van der Waals surface area contributed by atoms with Gasteiger partial charge in [-0.15, -0.1) is 0 Å². The zero-order valence-electron chi connectivity index (χ0n) is 19.9. The van der Waals surface area contributed by atoms with Crippen LogP contribution in [-0.2, 0) is 14.9 Å².